The third-order valence-electron chi connectivity index (χ3n) is 10.0. The van der Waals surface area contributed by atoms with Crippen LogP contribution >= 0.6 is 0 Å². The van der Waals surface area contributed by atoms with E-state index in [1.165, 1.54) is 0 Å². The molecule has 10 rings (SSSR count). The first kappa shape index (κ1) is 24.0. The van der Waals surface area contributed by atoms with Gasteiger partial charge in [-0.25, -0.2) is 0 Å². The van der Waals surface area contributed by atoms with Crippen LogP contribution < -0.4 is 37.2 Å². The zero-order valence-electron chi connectivity index (χ0n) is 23.0. The molecule has 0 saturated heterocycles. The van der Waals surface area contributed by atoms with E-state index in [4.69, 9.17) is 37.2 Å². The van der Waals surface area contributed by atoms with Crippen molar-refractivity contribution in [1.29, 1.82) is 0 Å². The molecule has 208 valence electrons. The number of hydrogen-bond donors (Lipinski definition) is 0. The van der Waals surface area contributed by atoms with Gasteiger partial charge in [0, 0.05) is 23.3 Å². The molecule has 2 bridgehead atoms. The molecule has 4 aromatic rings. The van der Waals surface area contributed by atoms with Crippen LogP contribution in [0, 0.1) is 11.8 Å². The Labute approximate surface area is 250 Å². The molecule has 4 aliphatic heterocycles. The molecule has 43 heavy (non-hydrogen) atoms. The van der Waals surface area contributed by atoms with Gasteiger partial charge in [0.2, 0.25) is 0 Å². The fourth-order valence-electron chi connectivity index (χ4n) is 8.44. The van der Waals surface area contributed by atoms with Crippen LogP contribution in [0.4, 0.5) is 0 Å². The Balaban J connectivity index is 1.05. The van der Waals surface area contributed by atoms with Crippen LogP contribution in [0.15, 0.2) is 97.1 Å². The van der Waals surface area contributed by atoms with Crippen molar-refractivity contribution >= 4 is 28.5 Å². The molecule has 0 aromatic heterocycles. The molecule has 4 heterocycles. The Hall–Kier alpha value is -4.46. The molecule has 6 atom stereocenters. The molecule has 0 amide bonds. The summed E-state index contributed by atoms with van der Waals surface area (Å²) >= 11 is 0. The van der Waals surface area contributed by atoms with Crippen molar-refractivity contribution in [3.05, 3.63) is 97.1 Å². The van der Waals surface area contributed by atoms with Crippen molar-refractivity contribution in [2.45, 2.75) is 29.7 Å². The van der Waals surface area contributed by atoms with Crippen LogP contribution in [0.1, 0.15) is 6.42 Å². The highest BCUT2D eigenvalue weighted by atomic mass is 16.7. The van der Waals surface area contributed by atoms with E-state index in [2.05, 4.69) is 0 Å². The summed E-state index contributed by atoms with van der Waals surface area (Å²) < 4.78 is 52.1. The van der Waals surface area contributed by atoms with Crippen molar-refractivity contribution in [2.24, 2.45) is 11.8 Å². The number of benzene rings is 4. The first-order chi connectivity index (χ1) is 21.3. The fourth-order valence-corrected chi connectivity index (χ4v) is 8.44. The van der Waals surface area contributed by atoms with Gasteiger partial charge in [0.05, 0.1) is 0 Å². The lowest BCUT2D eigenvalue weighted by atomic mass is 9.37. The Morgan fingerprint density at radius 3 is 0.698 bits per heavy atom. The minimum absolute atomic E-state index is 0.0716. The highest BCUT2D eigenvalue weighted by Crippen LogP contribution is 2.73. The molecule has 4 aromatic carbocycles. The Bertz CT molecular complexity index is 1390. The summed E-state index contributed by atoms with van der Waals surface area (Å²) in [6.45, 7) is 0. The van der Waals surface area contributed by atoms with E-state index in [0.29, 0.717) is 0 Å². The largest absolute Gasteiger partial charge is 0.598 e. The van der Waals surface area contributed by atoms with E-state index < -0.39 is 28.5 Å². The Morgan fingerprint density at radius 2 is 0.512 bits per heavy atom. The van der Waals surface area contributed by atoms with E-state index in [0.717, 1.165) is 52.4 Å². The lowest BCUT2D eigenvalue weighted by Crippen LogP contribution is -2.53. The van der Waals surface area contributed by atoms with E-state index in [1.807, 2.05) is 97.1 Å². The van der Waals surface area contributed by atoms with Crippen LogP contribution in [-0.4, -0.2) is 28.5 Å². The number of fused-ring (bicyclic) bond motifs is 6. The minimum Gasteiger partial charge on any atom is -0.523 e. The predicted octanol–water partition coefficient (Wildman–Crippen LogP) is 5.96. The molecule has 0 radical (unpaired) electrons. The SMILES string of the molecule is c1ccc2c(c1)OB([C@@H]1C3CC([C@@H](B4Oc5ccccc5O4)[C@H]3B3Oc4ccccc4O3)[C@@H]1B1Oc3ccccc3O1)O2. The molecule has 0 N–H and O–H groups in total. The monoisotopic (exact) mass is 568 g/mol. The van der Waals surface area contributed by atoms with E-state index >= 15 is 0 Å². The van der Waals surface area contributed by atoms with Crippen molar-refractivity contribution in [2.75, 3.05) is 0 Å². The smallest absolute Gasteiger partial charge is 0.523 e. The molecule has 0 spiro atoms. The highest BCUT2D eigenvalue weighted by Gasteiger charge is 2.75. The normalized spacial score (nSPS) is 28.3. The van der Waals surface area contributed by atoms with Gasteiger partial charge < -0.3 is 37.2 Å². The van der Waals surface area contributed by atoms with Crippen LogP contribution in [-0.2, 0) is 0 Å². The van der Waals surface area contributed by atoms with Crippen molar-refractivity contribution in [3.8, 4) is 46.0 Å². The van der Waals surface area contributed by atoms with Crippen LogP contribution in [0.5, 0.6) is 46.0 Å². The van der Waals surface area contributed by atoms with Crippen LogP contribution in [0.2, 0.25) is 23.3 Å². The molecule has 8 nitrogen and oxygen atoms in total. The zero-order chi connectivity index (χ0) is 28.1. The summed E-state index contributed by atoms with van der Waals surface area (Å²) in [6, 6.07) is 31.3. The Kier molecular flexibility index (Phi) is 5.04. The third kappa shape index (κ3) is 3.55. The first-order valence-corrected chi connectivity index (χ1v) is 15.0. The van der Waals surface area contributed by atoms with Gasteiger partial charge in [0.15, 0.2) is 0 Å². The summed E-state index contributed by atoms with van der Waals surface area (Å²) in [4.78, 5) is 0. The molecule has 2 aliphatic carbocycles. The van der Waals surface area contributed by atoms with Gasteiger partial charge in [-0.2, -0.15) is 0 Å². The molecule has 2 fully saturated rings. The van der Waals surface area contributed by atoms with Gasteiger partial charge in [-0.05, 0) is 66.8 Å². The van der Waals surface area contributed by atoms with Crippen molar-refractivity contribution in [3.63, 3.8) is 0 Å². The van der Waals surface area contributed by atoms with E-state index in [-0.39, 0.29) is 35.1 Å². The van der Waals surface area contributed by atoms with Gasteiger partial charge in [0.25, 0.3) is 0 Å². The van der Waals surface area contributed by atoms with Gasteiger partial charge in [0.1, 0.15) is 46.0 Å². The molecule has 2 saturated carbocycles. The van der Waals surface area contributed by atoms with Gasteiger partial charge in [-0.3, -0.25) is 0 Å². The average Bonchev–Trinajstić information content (AvgIpc) is 3.87. The quantitative estimate of drug-likeness (QED) is 0.280. The molecule has 2 unspecified atom stereocenters. The van der Waals surface area contributed by atoms with E-state index in [9.17, 15) is 0 Å². The molecule has 6 aliphatic rings. The van der Waals surface area contributed by atoms with Gasteiger partial charge in [-0.1, -0.05) is 48.5 Å². The lowest BCUT2D eigenvalue weighted by molar-refractivity contribution is 0.311. The summed E-state index contributed by atoms with van der Waals surface area (Å²) in [6.07, 6.45) is 0.878. The van der Waals surface area contributed by atoms with Gasteiger partial charge in [-0.15, -0.1) is 0 Å². The topological polar surface area (TPSA) is 73.8 Å². The maximum Gasteiger partial charge on any atom is 0.598 e. The number of para-hydroxylation sites is 8. The third-order valence-corrected chi connectivity index (χ3v) is 10.0. The Morgan fingerprint density at radius 1 is 0.326 bits per heavy atom. The summed E-state index contributed by atoms with van der Waals surface area (Å²) in [5.74, 6) is 5.87. The summed E-state index contributed by atoms with van der Waals surface area (Å²) in [5, 5.41) is 0. The maximum atomic E-state index is 6.52. The van der Waals surface area contributed by atoms with Crippen molar-refractivity contribution < 1.29 is 37.2 Å². The molecular weight excluding hydrogens is 544 g/mol. The predicted molar refractivity (Wildman–Crippen MR) is 160 cm³/mol. The number of rotatable bonds is 4. The van der Waals surface area contributed by atoms with Crippen molar-refractivity contribution in [1.82, 2.24) is 0 Å². The average molecular weight is 568 g/mol. The maximum absolute atomic E-state index is 6.52. The van der Waals surface area contributed by atoms with Crippen LogP contribution in [0.3, 0.4) is 0 Å². The highest BCUT2D eigenvalue weighted by molar-refractivity contribution is 6.61. The van der Waals surface area contributed by atoms with Gasteiger partial charge >= 0.3 is 28.5 Å². The van der Waals surface area contributed by atoms with E-state index in [1.54, 1.807) is 0 Å². The molecule has 12 heteroatoms. The summed E-state index contributed by atoms with van der Waals surface area (Å²) in [5.41, 5.74) is 0. The fraction of sp³-hybridized carbons (Fsp3) is 0.226. The lowest BCUT2D eigenvalue weighted by Gasteiger charge is -2.40. The standard InChI is InChI=1S/C31H24B4O8/c1-2-10-21-20(9-1)36-32(37-21)28-18-17-19(29(28)33-38-22-11-3-4-12-23(22)39-33)31(35-42-26-15-7-8-16-27(26)43-35)30(18)34-40-24-13-5-6-14-25(24)41-34/h1-16,18-19,28-31H,17H2/t18?,19?,28-,29+,30+,31-. The second-order valence-electron chi connectivity index (χ2n) is 12.1. The summed E-state index contributed by atoms with van der Waals surface area (Å²) in [7, 11) is -2.04. The minimum atomic E-state index is -0.511. The second-order valence-corrected chi connectivity index (χ2v) is 12.1. The molecular formula is C31H24B4O8. The first-order valence-electron chi connectivity index (χ1n) is 15.0. The van der Waals surface area contributed by atoms with Crippen LogP contribution in [0.25, 0.3) is 0 Å². The zero-order valence-corrected chi connectivity index (χ0v) is 23.0. The number of hydrogen-bond acceptors (Lipinski definition) is 8. The second kappa shape index (κ2) is 9.02.